The van der Waals surface area contributed by atoms with Crippen LogP contribution in [0, 0.1) is 17.1 Å². The Hall–Kier alpha value is -2.13. The van der Waals surface area contributed by atoms with Gasteiger partial charge in [0, 0.05) is 5.56 Å². The number of hydrogen-bond donors (Lipinski definition) is 2. The summed E-state index contributed by atoms with van der Waals surface area (Å²) < 4.78 is 13.7. The van der Waals surface area contributed by atoms with Gasteiger partial charge in [-0.2, -0.15) is 5.26 Å². The van der Waals surface area contributed by atoms with Crippen LogP contribution in [0.1, 0.15) is 31.0 Å². The number of nitrogens with two attached hydrogens (primary N) is 1. The van der Waals surface area contributed by atoms with E-state index in [0.717, 1.165) is 0 Å². The molecule has 0 aliphatic carbocycles. The summed E-state index contributed by atoms with van der Waals surface area (Å²) >= 11 is 11.8. The summed E-state index contributed by atoms with van der Waals surface area (Å²) in [6.07, 6.45) is 0. The summed E-state index contributed by atoms with van der Waals surface area (Å²) in [7, 11) is 0. The molecule has 25 heavy (non-hydrogen) atoms. The highest BCUT2D eigenvalue weighted by Crippen LogP contribution is 2.27. The quantitative estimate of drug-likeness (QED) is 0.777. The van der Waals surface area contributed by atoms with Gasteiger partial charge in [-0.1, -0.05) is 35.3 Å². The number of carbonyl (C=O) groups is 1. The molecule has 2 aromatic rings. The monoisotopic (exact) mass is 380 g/mol. The summed E-state index contributed by atoms with van der Waals surface area (Å²) in [6.45, 7) is 3.54. The highest BCUT2D eigenvalue weighted by Gasteiger charge is 2.23. The fraction of sp³-hybridized carbons (Fsp3) is 0.222. The smallest absolute Gasteiger partial charge is 0.282 e. The van der Waals surface area contributed by atoms with Gasteiger partial charge in [-0.15, -0.1) is 0 Å². The molecule has 0 aliphatic heterocycles. The van der Waals surface area contributed by atoms with Crippen molar-refractivity contribution in [2.75, 3.05) is 5.32 Å². The first kappa shape index (κ1) is 19.2. The topological polar surface area (TPSA) is 69.5 Å². The molecule has 0 radical (unpaired) electrons. The normalized spacial score (nSPS) is 13.0. The van der Waals surface area contributed by atoms with Gasteiger partial charge in [0.2, 0.25) is 0 Å². The molecule has 130 valence electrons. The van der Waals surface area contributed by atoms with Crippen molar-refractivity contribution in [2.24, 2.45) is 0 Å². The Balaban J connectivity index is 2.08. The van der Waals surface area contributed by atoms with Gasteiger partial charge in [-0.05, 0) is 38.1 Å². The third kappa shape index (κ3) is 4.70. The number of nitriles is 1. The second-order valence-electron chi connectivity index (χ2n) is 5.70. The van der Waals surface area contributed by atoms with Crippen LogP contribution in [0.5, 0.6) is 0 Å². The molecule has 0 aromatic heterocycles. The molecular weight excluding hydrogens is 364 g/mol. The summed E-state index contributed by atoms with van der Waals surface area (Å²) in [5, 5.41) is 13.9. The Bertz CT molecular complexity index is 836. The van der Waals surface area contributed by atoms with Crippen molar-refractivity contribution in [1.82, 2.24) is 0 Å². The minimum atomic E-state index is -0.554. The van der Waals surface area contributed by atoms with Crippen molar-refractivity contribution in [3.8, 4) is 6.07 Å². The maximum atomic E-state index is 13.7. The lowest BCUT2D eigenvalue weighted by molar-refractivity contribution is -0.709. The number of benzene rings is 2. The van der Waals surface area contributed by atoms with Crippen LogP contribution < -0.4 is 10.6 Å². The molecule has 0 spiro atoms. The molecule has 7 heteroatoms. The van der Waals surface area contributed by atoms with Gasteiger partial charge in [0.25, 0.3) is 5.91 Å². The number of hydrogen-bond acceptors (Lipinski definition) is 2. The van der Waals surface area contributed by atoms with E-state index in [9.17, 15) is 9.18 Å². The Morgan fingerprint density at radius 3 is 2.60 bits per heavy atom. The number of amides is 1. The van der Waals surface area contributed by atoms with Gasteiger partial charge < -0.3 is 10.6 Å². The average Bonchev–Trinajstić information content (AvgIpc) is 2.58. The van der Waals surface area contributed by atoms with E-state index < -0.39 is 11.9 Å². The van der Waals surface area contributed by atoms with Crippen LogP contribution in [0.25, 0.3) is 0 Å². The largest absolute Gasteiger partial charge is 0.330 e. The first-order valence-corrected chi connectivity index (χ1v) is 8.38. The number of para-hydroxylation sites is 1. The minimum Gasteiger partial charge on any atom is -0.330 e. The van der Waals surface area contributed by atoms with E-state index in [1.54, 1.807) is 36.5 Å². The Morgan fingerprint density at radius 2 is 1.92 bits per heavy atom. The molecular formula is C18H17Cl2FN3O+. The van der Waals surface area contributed by atoms with Crippen molar-refractivity contribution in [3.63, 3.8) is 0 Å². The highest BCUT2D eigenvalue weighted by atomic mass is 35.5. The number of quaternary nitrogens is 1. The third-order valence-corrected chi connectivity index (χ3v) is 4.44. The van der Waals surface area contributed by atoms with Gasteiger partial charge in [-0.25, -0.2) is 4.39 Å². The van der Waals surface area contributed by atoms with Crippen LogP contribution in [0.4, 0.5) is 10.1 Å². The van der Waals surface area contributed by atoms with E-state index in [1.165, 1.54) is 12.1 Å². The zero-order valence-corrected chi connectivity index (χ0v) is 15.2. The van der Waals surface area contributed by atoms with Crippen molar-refractivity contribution >= 4 is 34.8 Å². The molecule has 4 nitrogen and oxygen atoms in total. The first-order valence-electron chi connectivity index (χ1n) is 7.63. The maximum Gasteiger partial charge on any atom is 0.282 e. The maximum absolute atomic E-state index is 13.7. The number of halogens is 3. The van der Waals surface area contributed by atoms with Gasteiger partial charge in [0.05, 0.1) is 21.3 Å². The summed E-state index contributed by atoms with van der Waals surface area (Å²) in [5.41, 5.74) is 1.40. The van der Waals surface area contributed by atoms with Gasteiger partial charge in [0.15, 0.2) is 6.04 Å². The minimum absolute atomic E-state index is 0.0418. The van der Waals surface area contributed by atoms with E-state index in [-0.39, 0.29) is 17.0 Å². The highest BCUT2D eigenvalue weighted by molar-refractivity contribution is 6.35. The van der Waals surface area contributed by atoms with Crippen LogP contribution in [-0.2, 0) is 4.79 Å². The van der Waals surface area contributed by atoms with Gasteiger partial charge >= 0.3 is 0 Å². The second-order valence-corrected chi connectivity index (χ2v) is 6.52. The number of nitrogens with one attached hydrogen (secondary N) is 1. The SMILES string of the molecule is C[C@H]([NH2+][C@@H](C)c1cc(F)c(Cl)cc1Cl)C(=O)Nc1ccccc1C#N. The molecule has 0 saturated carbocycles. The molecule has 0 saturated heterocycles. The van der Waals surface area contributed by atoms with E-state index >= 15 is 0 Å². The Morgan fingerprint density at radius 1 is 1.24 bits per heavy atom. The standard InChI is InChI=1S/C18H16Cl2FN3O/c1-10(13-7-16(21)15(20)8-14(13)19)23-11(2)18(25)24-17-6-4-3-5-12(17)9-22/h3-8,10-11,23H,1-2H3,(H,24,25)/p+1/t10-,11-/m0/s1. The lowest BCUT2D eigenvalue weighted by Gasteiger charge is -2.18. The zero-order valence-electron chi connectivity index (χ0n) is 13.7. The number of carbonyl (C=O) groups excluding carboxylic acids is 1. The van der Waals surface area contributed by atoms with E-state index in [4.69, 9.17) is 28.5 Å². The molecule has 3 N–H and O–H groups in total. The molecule has 0 aliphatic rings. The second kappa shape index (κ2) is 8.30. The van der Waals surface area contributed by atoms with Crippen molar-refractivity contribution in [3.05, 3.63) is 63.4 Å². The summed E-state index contributed by atoms with van der Waals surface area (Å²) in [4.78, 5) is 12.4. The molecule has 2 rings (SSSR count). The summed E-state index contributed by atoms with van der Waals surface area (Å²) in [6, 6.07) is 10.7. The van der Waals surface area contributed by atoms with E-state index in [2.05, 4.69) is 5.32 Å². The predicted molar refractivity (Wildman–Crippen MR) is 96.0 cm³/mol. The fourth-order valence-electron chi connectivity index (χ4n) is 2.45. The molecule has 0 heterocycles. The molecule has 0 unspecified atom stereocenters. The molecule has 1 amide bonds. The van der Waals surface area contributed by atoms with Crippen LogP contribution in [0.15, 0.2) is 36.4 Å². The van der Waals surface area contributed by atoms with E-state index in [0.29, 0.717) is 21.8 Å². The van der Waals surface area contributed by atoms with Crippen molar-refractivity contribution < 1.29 is 14.5 Å². The summed E-state index contributed by atoms with van der Waals surface area (Å²) in [5.74, 6) is -0.818. The van der Waals surface area contributed by atoms with Gasteiger partial charge in [-0.3, -0.25) is 4.79 Å². The first-order chi connectivity index (χ1) is 11.8. The average molecular weight is 381 g/mol. The third-order valence-electron chi connectivity index (χ3n) is 3.83. The molecule has 0 bridgehead atoms. The molecule has 2 aromatic carbocycles. The van der Waals surface area contributed by atoms with Crippen LogP contribution >= 0.6 is 23.2 Å². The zero-order chi connectivity index (χ0) is 18.6. The van der Waals surface area contributed by atoms with Crippen molar-refractivity contribution in [2.45, 2.75) is 25.9 Å². The molecule has 0 fully saturated rings. The Kier molecular flexibility index (Phi) is 6.38. The lowest BCUT2D eigenvalue weighted by atomic mass is 10.1. The number of rotatable bonds is 5. The molecule has 2 atom stereocenters. The fourth-order valence-corrected chi connectivity index (χ4v) is 3.00. The number of anilines is 1. The van der Waals surface area contributed by atoms with Gasteiger partial charge in [0.1, 0.15) is 17.9 Å². The predicted octanol–water partition coefficient (Wildman–Crippen LogP) is 3.66. The Labute approximate surface area is 155 Å². The number of nitrogens with zero attached hydrogens (tertiary/aromatic N) is 1. The van der Waals surface area contributed by atoms with E-state index in [1.807, 2.05) is 13.0 Å². The lowest BCUT2D eigenvalue weighted by Crippen LogP contribution is -2.91. The van der Waals surface area contributed by atoms with Crippen LogP contribution in [0.3, 0.4) is 0 Å². The van der Waals surface area contributed by atoms with Crippen LogP contribution in [-0.4, -0.2) is 11.9 Å². The van der Waals surface area contributed by atoms with Crippen molar-refractivity contribution in [1.29, 1.82) is 5.26 Å². The van der Waals surface area contributed by atoms with Crippen LogP contribution in [0.2, 0.25) is 10.0 Å².